The minimum absolute atomic E-state index is 0.0578. The molecule has 0 aliphatic carbocycles. The van der Waals surface area contributed by atoms with Crippen LogP contribution in [-0.4, -0.2) is 34.8 Å². The molecule has 1 aliphatic heterocycles. The zero-order valence-electron chi connectivity index (χ0n) is 16.4. The molecule has 158 valence electrons. The number of aliphatic imine (C=N–C) groups is 1. The summed E-state index contributed by atoms with van der Waals surface area (Å²) in [7, 11) is 0. The number of amides is 2. The number of imide groups is 1. The minimum atomic E-state index is -0.765. The van der Waals surface area contributed by atoms with Crippen molar-refractivity contribution in [3.63, 3.8) is 0 Å². The second kappa shape index (κ2) is 10.1. The summed E-state index contributed by atoms with van der Waals surface area (Å²) in [6, 6.07) is 12.8. The van der Waals surface area contributed by atoms with Gasteiger partial charge in [-0.2, -0.15) is 5.26 Å². The van der Waals surface area contributed by atoms with Crippen LogP contribution in [0.2, 0.25) is 5.02 Å². The van der Waals surface area contributed by atoms with E-state index in [0.29, 0.717) is 22.0 Å². The summed E-state index contributed by atoms with van der Waals surface area (Å²) in [6.45, 7) is 1.95. The summed E-state index contributed by atoms with van der Waals surface area (Å²) in [6.07, 6.45) is 1.72. The van der Waals surface area contributed by atoms with Crippen LogP contribution in [-0.2, 0) is 14.3 Å². The number of para-hydroxylation sites is 1. The number of hydrogen-bond donors (Lipinski definition) is 1. The van der Waals surface area contributed by atoms with E-state index in [1.54, 1.807) is 37.4 Å². The lowest BCUT2D eigenvalue weighted by Gasteiger charge is -2.15. The molecule has 1 atom stereocenters. The maximum atomic E-state index is 12.9. The number of nitrogens with zero attached hydrogens (tertiary/aromatic N) is 3. The zero-order chi connectivity index (χ0) is 22.4. The Morgan fingerprint density at radius 2 is 2.00 bits per heavy atom. The predicted octanol–water partition coefficient (Wildman–Crippen LogP) is 3.64. The molecule has 0 unspecified atom stereocenters. The molecule has 1 aliphatic rings. The van der Waals surface area contributed by atoms with E-state index in [9.17, 15) is 14.4 Å². The van der Waals surface area contributed by atoms with Crippen molar-refractivity contribution in [2.45, 2.75) is 18.6 Å². The highest BCUT2D eigenvalue weighted by Gasteiger charge is 2.41. The first-order valence-corrected chi connectivity index (χ1v) is 10.5. The van der Waals surface area contributed by atoms with Crippen LogP contribution in [0, 0.1) is 11.5 Å². The molecule has 2 amide bonds. The summed E-state index contributed by atoms with van der Waals surface area (Å²) in [5, 5.41) is 11.2. The van der Waals surface area contributed by atoms with Crippen molar-refractivity contribution in [3.8, 4) is 6.19 Å². The summed E-state index contributed by atoms with van der Waals surface area (Å²) in [5.74, 6) is -1.31. The Labute approximate surface area is 187 Å². The fourth-order valence-electron chi connectivity index (χ4n) is 2.85. The number of carbonyl (C=O) groups excluding carboxylic acids is 3. The molecule has 0 radical (unpaired) electrons. The van der Waals surface area contributed by atoms with Crippen LogP contribution in [0.3, 0.4) is 0 Å². The second-order valence-electron chi connectivity index (χ2n) is 6.25. The van der Waals surface area contributed by atoms with Crippen molar-refractivity contribution in [1.29, 1.82) is 5.26 Å². The van der Waals surface area contributed by atoms with Gasteiger partial charge < -0.3 is 4.74 Å². The molecule has 8 nitrogen and oxygen atoms in total. The van der Waals surface area contributed by atoms with E-state index in [4.69, 9.17) is 21.6 Å². The third-order valence-electron chi connectivity index (χ3n) is 4.23. The zero-order valence-corrected chi connectivity index (χ0v) is 17.9. The highest BCUT2D eigenvalue weighted by molar-refractivity contribution is 8.15. The van der Waals surface area contributed by atoms with Gasteiger partial charge in [0, 0.05) is 6.42 Å². The number of nitrogens with one attached hydrogen (secondary N) is 1. The SMILES string of the molecule is CCOC(=O)c1ccc(N2C(=O)C[C@H](SC(=Nc3ccccc3Cl)NC#N)C2=O)cc1. The number of carbonyl (C=O) groups is 3. The van der Waals surface area contributed by atoms with Crippen molar-refractivity contribution >= 4 is 57.7 Å². The normalized spacial score (nSPS) is 16.2. The van der Waals surface area contributed by atoms with Gasteiger partial charge in [0.25, 0.3) is 0 Å². The maximum absolute atomic E-state index is 12.9. The minimum Gasteiger partial charge on any atom is -0.462 e. The topological polar surface area (TPSA) is 112 Å². The van der Waals surface area contributed by atoms with Crippen LogP contribution in [0.5, 0.6) is 0 Å². The Morgan fingerprint density at radius 1 is 1.29 bits per heavy atom. The molecular weight excluding hydrogens is 440 g/mol. The van der Waals surface area contributed by atoms with Crippen molar-refractivity contribution in [3.05, 3.63) is 59.1 Å². The summed E-state index contributed by atoms with van der Waals surface area (Å²) >= 11 is 7.08. The average Bonchev–Trinajstić information content (AvgIpc) is 3.03. The predicted molar refractivity (Wildman–Crippen MR) is 118 cm³/mol. The molecule has 0 saturated carbocycles. The number of benzene rings is 2. The molecular formula is C21H17ClN4O4S. The Bertz CT molecular complexity index is 1080. The van der Waals surface area contributed by atoms with Gasteiger partial charge >= 0.3 is 5.97 Å². The number of halogens is 1. The number of anilines is 1. The molecule has 1 heterocycles. The Hall–Kier alpha value is -3.35. The van der Waals surface area contributed by atoms with Gasteiger partial charge in [-0.1, -0.05) is 35.5 Å². The van der Waals surface area contributed by atoms with Crippen LogP contribution >= 0.6 is 23.4 Å². The lowest BCUT2D eigenvalue weighted by molar-refractivity contribution is -0.121. The largest absolute Gasteiger partial charge is 0.462 e. The summed E-state index contributed by atoms with van der Waals surface area (Å²) in [4.78, 5) is 42.6. The molecule has 3 rings (SSSR count). The van der Waals surface area contributed by atoms with Gasteiger partial charge in [0.15, 0.2) is 11.4 Å². The first kappa shape index (κ1) is 22.3. The number of hydrogen-bond acceptors (Lipinski definition) is 7. The van der Waals surface area contributed by atoms with Gasteiger partial charge in [-0.25, -0.2) is 14.7 Å². The van der Waals surface area contributed by atoms with E-state index >= 15 is 0 Å². The van der Waals surface area contributed by atoms with Gasteiger partial charge in [-0.15, -0.1) is 0 Å². The number of ether oxygens (including phenoxy) is 1. The van der Waals surface area contributed by atoms with Crippen molar-refractivity contribution in [1.82, 2.24) is 5.32 Å². The maximum Gasteiger partial charge on any atom is 0.338 e. The highest BCUT2D eigenvalue weighted by Crippen LogP contribution is 2.32. The third-order valence-corrected chi connectivity index (χ3v) is 5.62. The van der Waals surface area contributed by atoms with E-state index in [2.05, 4.69) is 10.3 Å². The monoisotopic (exact) mass is 456 g/mol. The van der Waals surface area contributed by atoms with Crippen molar-refractivity contribution in [2.75, 3.05) is 11.5 Å². The second-order valence-corrected chi connectivity index (χ2v) is 7.85. The number of amidine groups is 1. The fraction of sp³-hybridized carbons (Fsp3) is 0.190. The highest BCUT2D eigenvalue weighted by atomic mass is 35.5. The van der Waals surface area contributed by atoms with Crippen LogP contribution in [0.4, 0.5) is 11.4 Å². The number of nitriles is 1. The Balaban J connectivity index is 1.78. The van der Waals surface area contributed by atoms with E-state index in [1.165, 1.54) is 24.3 Å². The Morgan fingerprint density at radius 3 is 2.65 bits per heavy atom. The quantitative estimate of drug-likeness (QED) is 0.182. The molecule has 0 bridgehead atoms. The first-order chi connectivity index (χ1) is 14.9. The Kier molecular flexibility index (Phi) is 7.28. The number of thioether (sulfide) groups is 1. The van der Waals surface area contributed by atoms with Gasteiger partial charge in [-0.05, 0) is 43.3 Å². The summed E-state index contributed by atoms with van der Waals surface area (Å²) in [5.41, 5.74) is 1.10. The molecule has 2 aromatic rings. The van der Waals surface area contributed by atoms with E-state index in [-0.39, 0.29) is 24.1 Å². The van der Waals surface area contributed by atoms with Crippen molar-refractivity contribution < 1.29 is 19.1 Å². The van der Waals surface area contributed by atoms with E-state index in [1.807, 2.05) is 0 Å². The van der Waals surface area contributed by atoms with E-state index in [0.717, 1.165) is 16.7 Å². The fourth-order valence-corrected chi connectivity index (χ4v) is 3.98. The molecule has 2 aromatic carbocycles. The van der Waals surface area contributed by atoms with E-state index < -0.39 is 17.1 Å². The van der Waals surface area contributed by atoms with Crippen LogP contribution in [0.15, 0.2) is 53.5 Å². The third kappa shape index (κ3) is 5.23. The molecule has 10 heteroatoms. The molecule has 0 spiro atoms. The van der Waals surface area contributed by atoms with Crippen LogP contribution in [0.1, 0.15) is 23.7 Å². The van der Waals surface area contributed by atoms with Crippen LogP contribution < -0.4 is 10.2 Å². The van der Waals surface area contributed by atoms with Crippen LogP contribution in [0.25, 0.3) is 0 Å². The smallest absolute Gasteiger partial charge is 0.338 e. The molecule has 1 N–H and O–H groups in total. The molecule has 1 fully saturated rings. The van der Waals surface area contributed by atoms with Gasteiger partial charge in [0.1, 0.15) is 5.25 Å². The average molecular weight is 457 g/mol. The summed E-state index contributed by atoms with van der Waals surface area (Å²) < 4.78 is 4.93. The lowest BCUT2D eigenvalue weighted by Crippen LogP contribution is -2.32. The van der Waals surface area contributed by atoms with Gasteiger partial charge in [0.2, 0.25) is 11.8 Å². The number of rotatable bonds is 5. The molecule has 1 saturated heterocycles. The standard InChI is InChI=1S/C21H17ClN4O4S/c1-2-30-20(29)13-7-9-14(10-8-13)26-18(27)11-17(19(26)28)31-21(24-12-23)25-16-6-4-3-5-15(16)22/h3-10,17H,2,11H2,1H3,(H,24,25)/t17-/m0/s1. The first-order valence-electron chi connectivity index (χ1n) is 9.23. The number of esters is 1. The van der Waals surface area contributed by atoms with Gasteiger partial charge in [0.05, 0.1) is 28.6 Å². The van der Waals surface area contributed by atoms with Crippen molar-refractivity contribution in [2.24, 2.45) is 4.99 Å². The molecule has 0 aromatic heterocycles. The molecule has 31 heavy (non-hydrogen) atoms. The lowest BCUT2D eigenvalue weighted by atomic mass is 10.2. The van der Waals surface area contributed by atoms with Gasteiger partial charge in [-0.3, -0.25) is 14.9 Å².